The molecule has 0 bridgehead atoms. The predicted octanol–water partition coefficient (Wildman–Crippen LogP) is 2.48. The summed E-state index contributed by atoms with van der Waals surface area (Å²) in [5.74, 6) is 0.770. The smallest absolute Gasteiger partial charge is 0.0917 e. The summed E-state index contributed by atoms with van der Waals surface area (Å²) in [5, 5.41) is 11.1. The molecule has 3 rings (SSSR count). The van der Waals surface area contributed by atoms with Gasteiger partial charge in [-0.25, -0.2) is 0 Å². The van der Waals surface area contributed by atoms with Crippen LogP contribution in [0.3, 0.4) is 0 Å². The molecular weight excluding hydrogens is 262 g/mol. The highest BCUT2D eigenvalue weighted by Gasteiger charge is 2.37. The summed E-state index contributed by atoms with van der Waals surface area (Å²) in [6.45, 7) is 3.17. The summed E-state index contributed by atoms with van der Waals surface area (Å²) in [5.41, 5.74) is 0.897. The van der Waals surface area contributed by atoms with Crippen LogP contribution in [0.1, 0.15) is 24.5 Å². The van der Waals surface area contributed by atoms with E-state index in [1.54, 1.807) is 0 Å². The molecule has 1 N–H and O–H groups in total. The van der Waals surface area contributed by atoms with E-state index >= 15 is 0 Å². The maximum atomic E-state index is 10.4. The lowest BCUT2D eigenvalue weighted by atomic mass is 10.1. The van der Waals surface area contributed by atoms with E-state index in [9.17, 15) is 5.11 Å². The van der Waals surface area contributed by atoms with Gasteiger partial charge in [-0.05, 0) is 36.5 Å². The number of nitrogens with zero attached hydrogens (tertiary/aromatic N) is 1. The van der Waals surface area contributed by atoms with Gasteiger partial charge >= 0.3 is 0 Å². The van der Waals surface area contributed by atoms with Gasteiger partial charge in [-0.2, -0.15) is 0 Å². The summed E-state index contributed by atoms with van der Waals surface area (Å²) in [4.78, 5) is 2.38. The lowest BCUT2D eigenvalue weighted by Gasteiger charge is -2.37. The van der Waals surface area contributed by atoms with Crippen LogP contribution in [0, 0.1) is 5.92 Å². The Balaban J connectivity index is 1.65. The molecule has 1 saturated carbocycles. The summed E-state index contributed by atoms with van der Waals surface area (Å²) >= 11 is 5.98. The Hall–Kier alpha value is -0.610. The van der Waals surface area contributed by atoms with E-state index in [4.69, 9.17) is 16.3 Å². The number of aliphatic hydroxyl groups excluding tert-OH is 1. The van der Waals surface area contributed by atoms with Crippen molar-refractivity contribution in [2.45, 2.75) is 25.0 Å². The molecule has 1 aliphatic heterocycles. The molecule has 1 aromatic carbocycles. The fourth-order valence-electron chi connectivity index (χ4n) is 2.84. The van der Waals surface area contributed by atoms with Crippen molar-refractivity contribution in [1.82, 2.24) is 4.90 Å². The quantitative estimate of drug-likeness (QED) is 0.920. The van der Waals surface area contributed by atoms with Crippen LogP contribution >= 0.6 is 11.6 Å². The van der Waals surface area contributed by atoms with Crippen molar-refractivity contribution in [3.05, 3.63) is 34.9 Å². The fraction of sp³-hybridized carbons (Fsp3) is 0.600. The van der Waals surface area contributed by atoms with Gasteiger partial charge in [-0.3, -0.25) is 4.90 Å². The zero-order valence-electron chi connectivity index (χ0n) is 11.0. The number of morpholine rings is 1. The first-order valence-electron chi connectivity index (χ1n) is 6.99. The molecule has 104 valence electrons. The summed E-state index contributed by atoms with van der Waals surface area (Å²) in [7, 11) is 0. The number of benzene rings is 1. The van der Waals surface area contributed by atoms with Crippen molar-refractivity contribution in [1.29, 1.82) is 0 Å². The molecule has 0 spiro atoms. The van der Waals surface area contributed by atoms with Crippen LogP contribution in [0.5, 0.6) is 0 Å². The van der Waals surface area contributed by atoms with Gasteiger partial charge in [0.2, 0.25) is 0 Å². The number of rotatable bonds is 4. The van der Waals surface area contributed by atoms with E-state index in [1.165, 1.54) is 12.8 Å². The Morgan fingerprint density at radius 1 is 1.42 bits per heavy atom. The summed E-state index contributed by atoms with van der Waals surface area (Å²) < 4.78 is 5.58. The first kappa shape index (κ1) is 13.4. The van der Waals surface area contributed by atoms with Crippen LogP contribution in [-0.2, 0) is 4.74 Å². The van der Waals surface area contributed by atoms with Crippen LogP contribution in [0.15, 0.2) is 24.3 Å². The standard InChI is InChI=1S/C15H20ClNO2/c16-13-3-1-2-12(8-13)15(18)9-17-6-7-19-10-14(17)11-4-5-11/h1-3,8,11,14-15,18H,4-7,9-10H2. The molecule has 0 amide bonds. The molecule has 3 nitrogen and oxygen atoms in total. The second-order valence-electron chi connectivity index (χ2n) is 5.55. The maximum absolute atomic E-state index is 10.4. The zero-order chi connectivity index (χ0) is 13.2. The molecule has 2 fully saturated rings. The minimum Gasteiger partial charge on any atom is -0.387 e. The number of aliphatic hydroxyl groups is 1. The van der Waals surface area contributed by atoms with E-state index in [0.717, 1.165) is 31.2 Å². The minimum atomic E-state index is -0.474. The molecule has 4 heteroatoms. The fourth-order valence-corrected chi connectivity index (χ4v) is 3.04. The molecule has 2 atom stereocenters. The first-order chi connectivity index (χ1) is 9.24. The number of hydrogen-bond donors (Lipinski definition) is 1. The van der Waals surface area contributed by atoms with Crippen LogP contribution in [0.25, 0.3) is 0 Å². The number of hydrogen-bond acceptors (Lipinski definition) is 3. The lowest BCUT2D eigenvalue weighted by molar-refractivity contribution is -0.0340. The molecule has 1 aromatic rings. The van der Waals surface area contributed by atoms with Crippen LogP contribution < -0.4 is 0 Å². The normalized spacial score (nSPS) is 26.3. The second-order valence-corrected chi connectivity index (χ2v) is 5.98. The van der Waals surface area contributed by atoms with Gasteiger partial charge < -0.3 is 9.84 Å². The Kier molecular flexibility index (Phi) is 4.08. The topological polar surface area (TPSA) is 32.7 Å². The predicted molar refractivity (Wildman–Crippen MR) is 75.3 cm³/mol. The average molecular weight is 282 g/mol. The van der Waals surface area contributed by atoms with Crippen molar-refractivity contribution in [3.8, 4) is 0 Å². The van der Waals surface area contributed by atoms with Gasteiger partial charge in [-0.15, -0.1) is 0 Å². The van der Waals surface area contributed by atoms with Crippen LogP contribution in [-0.4, -0.2) is 42.4 Å². The molecule has 1 heterocycles. The Morgan fingerprint density at radius 3 is 3.00 bits per heavy atom. The summed E-state index contributed by atoms with van der Waals surface area (Å²) in [6, 6.07) is 7.99. The molecule has 19 heavy (non-hydrogen) atoms. The van der Waals surface area contributed by atoms with E-state index in [2.05, 4.69) is 4.90 Å². The highest BCUT2D eigenvalue weighted by Crippen LogP contribution is 2.37. The van der Waals surface area contributed by atoms with E-state index in [-0.39, 0.29) is 0 Å². The van der Waals surface area contributed by atoms with Crippen LogP contribution in [0.4, 0.5) is 0 Å². The molecule has 0 aromatic heterocycles. The molecule has 0 radical (unpaired) electrons. The monoisotopic (exact) mass is 281 g/mol. The first-order valence-corrected chi connectivity index (χ1v) is 7.37. The molecule has 1 aliphatic carbocycles. The van der Waals surface area contributed by atoms with Crippen molar-refractivity contribution in [3.63, 3.8) is 0 Å². The molecule has 1 saturated heterocycles. The highest BCUT2D eigenvalue weighted by molar-refractivity contribution is 6.30. The average Bonchev–Trinajstić information content (AvgIpc) is 3.24. The van der Waals surface area contributed by atoms with Crippen molar-refractivity contribution in [2.24, 2.45) is 5.92 Å². The summed E-state index contributed by atoms with van der Waals surface area (Å²) in [6.07, 6.45) is 2.13. The van der Waals surface area contributed by atoms with Gasteiger partial charge in [0.25, 0.3) is 0 Å². The van der Waals surface area contributed by atoms with Crippen molar-refractivity contribution >= 4 is 11.6 Å². The number of β-amino-alcohol motifs (C(OH)–C–C–N with tert-alkyl or cyclic N) is 1. The number of ether oxygens (including phenoxy) is 1. The SMILES string of the molecule is OC(CN1CCOCC1C1CC1)c1cccc(Cl)c1. The zero-order valence-corrected chi connectivity index (χ0v) is 11.7. The Bertz CT molecular complexity index is 436. The largest absolute Gasteiger partial charge is 0.387 e. The van der Waals surface area contributed by atoms with Crippen molar-refractivity contribution in [2.75, 3.05) is 26.3 Å². The van der Waals surface area contributed by atoms with E-state index in [0.29, 0.717) is 17.6 Å². The molecule has 2 unspecified atom stereocenters. The minimum absolute atomic E-state index is 0.474. The molecular formula is C15H20ClNO2. The van der Waals surface area contributed by atoms with E-state index in [1.807, 2.05) is 24.3 Å². The third-order valence-corrected chi connectivity index (χ3v) is 4.32. The van der Waals surface area contributed by atoms with Gasteiger partial charge in [-0.1, -0.05) is 23.7 Å². The third-order valence-electron chi connectivity index (χ3n) is 4.09. The third kappa shape index (κ3) is 3.29. The number of halogens is 1. The van der Waals surface area contributed by atoms with E-state index < -0.39 is 6.10 Å². The highest BCUT2D eigenvalue weighted by atomic mass is 35.5. The van der Waals surface area contributed by atoms with Gasteiger partial charge in [0.15, 0.2) is 0 Å². The lowest BCUT2D eigenvalue weighted by Crippen LogP contribution is -2.48. The Labute approximate surface area is 119 Å². The second kappa shape index (κ2) is 5.80. The Morgan fingerprint density at radius 2 is 2.26 bits per heavy atom. The maximum Gasteiger partial charge on any atom is 0.0917 e. The van der Waals surface area contributed by atoms with Crippen molar-refractivity contribution < 1.29 is 9.84 Å². The molecule has 2 aliphatic rings. The van der Waals surface area contributed by atoms with Gasteiger partial charge in [0.05, 0.1) is 19.3 Å². The van der Waals surface area contributed by atoms with Crippen LogP contribution in [0.2, 0.25) is 5.02 Å². The van der Waals surface area contributed by atoms with Gasteiger partial charge in [0, 0.05) is 24.2 Å². The van der Waals surface area contributed by atoms with Gasteiger partial charge in [0.1, 0.15) is 0 Å².